The minimum Gasteiger partial charge on any atom is -0.493 e. The van der Waals surface area contributed by atoms with Crippen molar-refractivity contribution in [3.05, 3.63) is 43.0 Å². The Morgan fingerprint density at radius 2 is 2.09 bits per heavy atom. The van der Waals surface area contributed by atoms with Crippen LogP contribution < -0.4 is 9.64 Å². The summed E-state index contributed by atoms with van der Waals surface area (Å²) in [5.74, 6) is 2.34. The number of anilines is 1. The van der Waals surface area contributed by atoms with Crippen molar-refractivity contribution in [2.24, 2.45) is 5.92 Å². The van der Waals surface area contributed by atoms with E-state index in [2.05, 4.69) is 25.2 Å². The average Bonchev–Trinajstić information content (AvgIpc) is 3.09. The molecular weight excluding hydrogens is 292 g/mol. The van der Waals surface area contributed by atoms with E-state index in [0.717, 1.165) is 43.3 Å². The Bertz CT molecular complexity index is 774. The predicted molar refractivity (Wildman–Crippen MR) is 85.5 cm³/mol. The van der Waals surface area contributed by atoms with Gasteiger partial charge in [-0.05, 0) is 37.1 Å². The Labute approximate surface area is 133 Å². The summed E-state index contributed by atoms with van der Waals surface area (Å²) < 4.78 is 7.59. The van der Waals surface area contributed by atoms with Gasteiger partial charge < -0.3 is 9.64 Å². The molecule has 23 heavy (non-hydrogen) atoms. The zero-order valence-electron chi connectivity index (χ0n) is 12.7. The monoisotopic (exact) mass is 310 g/mol. The van der Waals surface area contributed by atoms with Gasteiger partial charge in [0.25, 0.3) is 0 Å². The Morgan fingerprint density at radius 1 is 1.17 bits per heavy atom. The second kappa shape index (κ2) is 6.20. The summed E-state index contributed by atoms with van der Waals surface area (Å²) in [6, 6.07) is 7.74. The lowest BCUT2D eigenvalue weighted by Gasteiger charge is -2.33. The topological polar surface area (TPSA) is 68.4 Å². The molecule has 0 saturated carbocycles. The Balaban J connectivity index is 1.42. The fourth-order valence-electron chi connectivity index (χ4n) is 2.94. The van der Waals surface area contributed by atoms with Crippen LogP contribution in [-0.4, -0.2) is 44.5 Å². The zero-order chi connectivity index (χ0) is 15.5. The molecule has 4 rings (SSSR count). The molecule has 1 unspecified atom stereocenters. The molecular formula is C16H18N6O. The van der Waals surface area contributed by atoms with Crippen LogP contribution in [0.3, 0.4) is 0 Å². The smallest absolute Gasteiger partial charge is 0.177 e. The van der Waals surface area contributed by atoms with Crippen LogP contribution >= 0.6 is 0 Å². The van der Waals surface area contributed by atoms with Crippen LogP contribution in [-0.2, 0) is 0 Å². The van der Waals surface area contributed by atoms with Crippen LogP contribution in [0.1, 0.15) is 12.8 Å². The van der Waals surface area contributed by atoms with Crippen LogP contribution in [0.25, 0.3) is 5.65 Å². The van der Waals surface area contributed by atoms with E-state index in [1.807, 2.05) is 24.3 Å². The molecule has 0 N–H and O–H groups in total. The molecule has 0 bridgehead atoms. The molecule has 7 heteroatoms. The van der Waals surface area contributed by atoms with Crippen molar-refractivity contribution in [2.45, 2.75) is 12.8 Å². The lowest BCUT2D eigenvalue weighted by atomic mass is 9.99. The molecule has 1 atom stereocenters. The van der Waals surface area contributed by atoms with Crippen molar-refractivity contribution in [2.75, 3.05) is 24.6 Å². The first-order valence-electron chi connectivity index (χ1n) is 7.83. The molecule has 0 amide bonds. The lowest BCUT2D eigenvalue weighted by Crippen LogP contribution is -2.38. The van der Waals surface area contributed by atoms with Crippen LogP contribution in [0, 0.1) is 5.92 Å². The molecule has 4 heterocycles. The second-order valence-electron chi connectivity index (χ2n) is 5.77. The van der Waals surface area contributed by atoms with Crippen molar-refractivity contribution in [1.82, 2.24) is 24.8 Å². The summed E-state index contributed by atoms with van der Waals surface area (Å²) in [6.45, 7) is 2.69. The highest BCUT2D eigenvalue weighted by Gasteiger charge is 2.22. The van der Waals surface area contributed by atoms with Crippen LogP contribution in [0.5, 0.6) is 5.75 Å². The van der Waals surface area contributed by atoms with E-state index < -0.39 is 0 Å². The van der Waals surface area contributed by atoms with E-state index >= 15 is 0 Å². The van der Waals surface area contributed by atoms with Gasteiger partial charge in [-0.3, -0.25) is 4.98 Å². The lowest BCUT2D eigenvalue weighted by molar-refractivity contribution is 0.228. The third-order valence-corrected chi connectivity index (χ3v) is 4.13. The number of rotatable bonds is 4. The summed E-state index contributed by atoms with van der Waals surface area (Å²) in [4.78, 5) is 6.31. The third kappa shape index (κ3) is 3.08. The summed E-state index contributed by atoms with van der Waals surface area (Å²) in [7, 11) is 0. The normalized spacial score (nSPS) is 18.3. The first kappa shape index (κ1) is 13.9. The fraction of sp³-hybridized carbons (Fsp3) is 0.375. The van der Waals surface area contributed by atoms with E-state index in [1.54, 1.807) is 23.2 Å². The number of hydrogen-bond acceptors (Lipinski definition) is 6. The van der Waals surface area contributed by atoms with Gasteiger partial charge in [-0.15, -0.1) is 15.3 Å². The maximum absolute atomic E-state index is 5.88. The second-order valence-corrected chi connectivity index (χ2v) is 5.77. The number of piperidine rings is 1. The largest absolute Gasteiger partial charge is 0.493 e. The Morgan fingerprint density at radius 3 is 3.00 bits per heavy atom. The van der Waals surface area contributed by atoms with Gasteiger partial charge in [0.2, 0.25) is 0 Å². The van der Waals surface area contributed by atoms with E-state index in [9.17, 15) is 0 Å². The molecule has 0 radical (unpaired) electrons. The van der Waals surface area contributed by atoms with Gasteiger partial charge in [0, 0.05) is 31.4 Å². The number of pyridine rings is 1. The minimum atomic E-state index is 0.496. The molecule has 1 saturated heterocycles. The summed E-state index contributed by atoms with van der Waals surface area (Å²) in [6.07, 6.45) is 7.46. The molecule has 0 aromatic carbocycles. The molecule has 1 aliphatic heterocycles. The maximum Gasteiger partial charge on any atom is 0.177 e. The van der Waals surface area contributed by atoms with E-state index in [4.69, 9.17) is 4.74 Å². The van der Waals surface area contributed by atoms with Gasteiger partial charge in [0.05, 0.1) is 6.61 Å². The van der Waals surface area contributed by atoms with Gasteiger partial charge in [-0.25, -0.2) is 0 Å². The van der Waals surface area contributed by atoms with Gasteiger partial charge in [0.15, 0.2) is 5.65 Å². The molecule has 3 aromatic heterocycles. The van der Waals surface area contributed by atoms with Crippen LogP contribution in [0.15, 0.2) is 43.0 Å². The van der Waals surface area contributed by atoms with Crippen molar-refractivity contribution in [3.8, 4) is 5.75 Å². The molecule has 0 spiro atoms. The third-order valence-electron chi connectivity index (χ3n) is 4.13. The summed E-state index contributed by atoms with van der Waals surface area (Å²) >= 11 is 0. The summed E-state index contributed by atoms with van der Waals surface area (Å²) in [5, 5.41) is 12.4. The number of ether oxygens (including phenoxy) is 1. The van der Waals surface area contributed by atoms with Crippen molar-refractivity contribution >= 4 is 11.5 Å². The van der Waals surface area contributed by atoms with E-state index in [-0.39, 0.29) is 0 Å². The number of fused-ring (bicyclic) bond motifs is 1. The Kier molecular flexibility index (Phi) is 3.75. The van der Waals surface area contributed by atoms with Gasteiger partial charge >= 0.3 is 0 Å². The highest BCUT2D eigenvalue weighted by atomic mass is 16.5. The highest BCUT2D eigenvalue weighted by molar-refractivity contribution is 5.45. The molecule has 7 nitrogen and oxygen atoms in total. The molecule has 0 aliphatic carbocycles. The van der Waals surface area contributed by atoms with Gasteiger partial charge in [-0.2, -0.15) is 4.52 Å². The summed E-state index contributed by atoms with van der Waals surface area (Å²) in [5.41, 5.74) is 0.767. The molecule has 1 aliphatic rings. The molecule has 1 fully saturated rings. The quantitative estimate of drug-likeness (QED) is 0.732. The fourth-order valence-corrected chi connectivity index (χ4v) is 2.94. The molecule has 3 aromatic rings. The SMILES string of the molecule is c1cc(OCC2CCCN(c3ccc4nncn4n3)C2)ccn1. The number of hydrogen-bond donors (Lipinski definition) is 0. The highest BCUT2D eigenvalue weighted by Crippen LogP contribution is 2.22. The minimum absolute atomic E-state index is 0.496. The van der Waals surface area contributed by atoms with Crippen molar-refractivity contribution in [1.29, 1.82) is 0 Å². The predicted octanol–water partition coefficient (Wildman–Crippen LogP) is 1.81. The first-order chi connectivity index (χ1) is 11.4. The maximum atomic E-state index is 5.88. The van der Waals surface area contributed by atoms with Crippen molar-refractivity contribution < 1.29 is 4.74 Å². The van der Waals surface area contributed by atoms with Gasteiger partial charge in [0.1, 0.15) is 17.9 Å². The van der Waals surface area contributed by atoms with Crippen molar-refractivity contribution in [3.63, 3.8) is 0 Å². The molecule has 118 valence electrons. The Hall–Kier alpha value is -2.70. The van der Waals surface area contributed by atoms with Gasteiger partial charge in [-0.1, -0.05) is 0 Å². The van der Waals surface area contributed by atoms with Crippen LogP contribution in [0.4, 0.5) is 5.82 Å². The first-order valence-corrected chi connectivity index (χ1v) is 7.83. The number of nitrogens with zero attached hydrogens (tertiary/aromatic N) is 6. The average molecular weight is 310 g/mol. The standard InChI is InChI=1S/C16H18N6O/c1-2-13(11-23-14-5-7-17-8-6-14)10-21(9-1)16-4-3-15-19-18-12-22(15)20-16/h3-8,12-13H,1-2,9-11H2. The van der Waals surface area contributed by atoms with Crippen LogP contribution in [0.2, 0.25) is 0 Å². The van der Waals surface area contributed by atoms with E-state index in [1.165, 1.54) is 6.42 Å². The van der Waals surface area contributed by atoms with E-state index in [0.29, 0.717) is 5.92 Å². The number of aromatic nitrogens is 5. The zero-order valence-corrected chi connectivity index (χ0v) is 12.7.